The zero-order valence-corrected chi connectivity index (χ0v) is 15.1. The standard InChI is InChI=1S/C23H32O/c1-23(15-6-16-24,21-13-11-17-7-2-4-9-19(17)21)22-14-12-18-8-3-5-10-20(18)22/h2-5,9-10,17-18,21-22,24H,6-8,11-16H2,1H3. The Morgan fingerprint density at radius 2 is 1.46 bits per heavy atom. The molecule has 4 rings (SSSR count). The van der Waals surface area contributed by atoms with E-state index in [9.17, 15) is 5.11 Å². The van der Waals surface area contributed by atoms with E-state index in [4.69, 9.17) is 0 Å². The van der Waals surface area contributed by atoms with E-state index < -0.39 is 0 Å². The van der Waals surface area contributed by atoms with E-state index in [1.807, 2.05) is 0 Å². The highest BCUT2D eigenvalue weighted by Crippen LogP contribution is 2.59. The number of aliphatic hydroxyl groups is 1. The molecule has 1 heteroatoms. The van der Waals surface area contributed by atoms with Gasteiger partial charge in [-0.2, -0.15) is 0 Å². The molecule has 0 aliphatic heterocycles. The Kier molecular flexibility index (Phi) is 4.56. The van der Waals surface area contributed by atoms with Gasteiger partial charge in [0.1, 0.15) is 0 Å². The first-order valence-corrected chi connectivity index (χ1v) is 10.1. The lowest BCUT2D eigenvalue weighted by molar-refractivity contribution is 0.112. The van der Waals surface area contributed by atoms with E-state index in [2.05, 4.69) is 43.4 Å². The van der Waals surface area contributed by atoms with Crippen LogP contribution >= 0.6 is 0 Å². The summed E-state index contributed by atoms with van der Waals surface area (Å²) in [5.41, 5.74) is 3.78. The maximum atomic E-state index is 9.53. The highest BCUT2D eigenvalue weighted by atomic mass is 16.2. The number of hydrogen-bond donors (Lipinski definition) is 1. The molecule has 4 unspecified atom stereocenters. The van der Waals surface area contributed by atoms with Crippen LogP contribution in [0.25, 0.3) is 0 Å². The molecule has 2 fully saturated rings. The highest BCUT2D eigenvalue weighted by molar-refractivity contribution is 5.33. The minimum absolute atomic E-state index is 0.320. The maximum absolute atomic E-state index is 9.53. The van der Waals surface area contributed by atoms with E-state index in [0.29, 0.717) is 12.0 Å². The molecule has 0 heterocycles. The Balaban J connectivity index is 1.68. The molecule has 24 heavy (non-hydrogen) atoms. The summed E-state index contributed by atoms with van der Waals surface area (Å²) in [7, 11) is 0. The summed E-state index contributed by atoms with van der Waals surface area (Å²) in [6, 6.07) is 0. The molecule has 4 aliphatic carbocycles. The molecule has 2 saturated carbocycles. The summed E-state index contributed by atoms with van der Waals surface area (Å²) in [4.78, 5) is 0. The van der Waals surface area contributed by atoms with Crippen LogP contribution in [-0.2, 0) is 0 Å². The molecule has 0 radical (unpaired) electrons. The molecule has 0 spiro atoms. The molecule has 0 amide bonds. The second-order valence-corrected chi connectivity index (χ2v) is 8.65. The Hall–Kier alpha value is -1.08. The Morgan fingerprint density at radius 3 is 1.96 bits per heavy atom. The summed E-state index contributed by atoms with van der Waals surface area (Å²) < 4.78 is 0. The summed E-state index contributed by atoms with van der Waals surface area (Å²) in [6.07, 6.45) is 24.2. The summed E-state index contributed by atoms with van der Waals surface area (Å²) in [5.74, 6) is 3.03. The van der Waals surface area contributed by atoms with Gasteiger partial charge < -0.3 is 5.11 Å². The third kappa shape index (κ3) is 2.65. The molecule has 0 saturated heterocycles. The van der Waals surface area contributed by atoms with Crippen molar-refractivity contribution in [1.82, 2.24) is 0 Å². The van der Waals surface area contributed by atoms with Gasteiger partial charge in [0, 0.05) is 6.61 Å². The van der Waals surface area contributed by atoms with Crippen LogP contribution in [0.2, 0.25) is 0 Å². The molecular formula is C23H32O. The zero-order valence-electron chi connectivity index (χ0n) is 15.1. The van der Waals surface area contributed by atoms with Crippen LogP contribution in [0.1, 0.15) is 58.3 Å². The number of fused-ring (bicyclic) bond motifs is 2. The molecule has 0 aromatic heterocycles. The van der Waals surface area contributed by atoms with Gasteiger partial charge in [-0.25, -0.2) is 0 Å². The summed E-state index contributed by atoms with van der Waals surface area (Å²) >= 11 is 0. The smallest absolute Gasteiger partial charge is 0.0431 e. The minimum Gasteiger partial charge on any atom is -0.396 e. The van der Waals surface area contributed by atoms with Gasteiger partial charge in [-0.3, -0.25) is 0 Å². The second kappa shape index (κ2) is 6.67. The van der Waals surface area contributed by atoms with Crippen molar-refractivity contribution in [2.75, 3.05) is 6.61 Å². The Bertz CT molecular complexity index is 545. The van der Waals surface area contributed by atoms with Crippen molar-refractivity contribution in [3.05, 3.63) is 47.6 Å². The minimum atomic E-state index is 0.320. The first-order valence-electron chi connectivity index (χ1n) is 10.1. The maximum Gasteiger partial charge on any atom is 0.0431 e. The van der Waals surface area contributed by atoms with Crippen molar-refractivity contribution in [3.63, 3.8) is 0 Å². The lowest BCUT2D eigenvalue weighted by Crippen LogP contribution is -2.36. The lowest BCUT2D eigenvalue weighted by atomic mass is 9.60. The van der Waals surface area contributed by atoms with Crippen LogP contribution in [0.3, 0.4) is 0 Å². The number of allylic oxidation sites excluding steroid dienone is 8. The highest BCUT2D eigenvalue weighted by Gasteiger charge is 2.50. The SMILES string of the molecule is CC(CCCO)(C1CCC2CC=CC=C21)C1CCC2CC=CC=C21. The van der Waals surface area contributed by atoms with Crippen LogP contribution in [0, 0.1) is 29.1 Å². The number of hydrogen-bond acceptors (Lipinski definition) is 1. The fourth-order valence-corrected chi connectivity index (χ4v) is 6.30. The summed E-state index contributed by atoms with van der Waals surface area (Å²) in [6.45, 7) is 2.89. The zero-order chi connectivity index (χ0) is 16.6. The Morgan fingerprint density at radius 1 is 0.917 bits per heavy atom. The number of rotatable bonds is 5. The van der Waals surface area contributed by atoms with E-state index in [-0.39, 0.29) is 0 Å². The van der Waals surface area contributed by atoms with E-state index in [1.165, 1.54) is 44.9 Å². The van der Waals surface area contributed by atoms with Gasteiger partial charge in [0.05, 0.1) is 0 Å². The third-order valence-corrected chi connectivity index (χ3v) is 7.51. The van der Waals surface area contributed by atoms with Crippen LogP contribution in [-0.4, -0.2) is 11.7 Å². The number of aliphatic hydroxyl groups excluding tert-OH is 1. The molecule has 0 bridgehead atoms. The molecule has 1 N–H and O–H groups in total. The van der Waals surface area contributed by atoms with Crippen LogP contribution in [0.4, 0.5) is 0 Å². The van der Waals surface area contributed by atoms with Gasteiger partial charge in [-0.05, 0) is 80.5 Å². The average Bonchev–Trinajstić information content (AvgIpc) is 3.24. The van der Waals surface area contributed by atoms with Crippen molar-refractivity contribution >= 4 is 0 Å². The second-order valence-electron chi connectivity index (χ2n) is 8.65. The van der Waals surface area contributed by atoms with Crippen molar-refractivity contribution < 1.29 is 5.11 Å². The predicted octanol–water partition coefficient (Wildman–Crippen LogP) is 5.59. The molecule has 0 aromatic rings. The monoisotopic (exact) mass is 324 g/mol. The molecule has 4 aliphatic rings. The normalized spacial score (nSPS) is 36.8. The van der Waals surface area contributed by atoms with Gasteiger partial charge in [-0.15, -0.1) is 0 Å². The van der Waals surface area contributed by atoms with E-state index >= 15 is 0 Å². The van der Waals surface area contributed by atoms with Crippen molar-refractivity contribution in [2.24, 2.45) is 29.1 Å². The quantitative estimate of drug-likeness (QED) is 0.699. The molecule has 1 nitrogen and oxygen atoms in total. The largest absolute Gasteiger partial charge is 0.396 e. The van der Waals surface area contributed by atoms with Crippen molar-refractivity contribution in [2.45, 2.75) is 58.3 Å². The van der Waals surface area contributed by atoms with Crippen LogP contribution in [0.5, 0.6) is 0 Å². The topological polar surface area (TPSA) is 20.2 Å². The molecule has 4 atom stereocenters. The van der Waals surface area contributed by atoms with Gasteiger partial charge in [0.15, 0.2) is 0 Å². The van der Waals surface area contributed by atoms with Crippen LogP contribution < -0.4 is 0 Å². The fourth-order valence-electron chi connectivity index (χ4n) is 6.30. The average molecular weight is 325 g/mol. The van der Waals surface area contributed by atoms with Gasteiger partial charge in [0.2, 0.25) is 0 Å². The van der Waals surface area contributed by atoms with Crippen molar-refractivity contribution in [1.29, 1.82) is 0 Å². The third-order valence-electron chi connectivity index (χ3n) is 7.51. The summed E-state index contributed by atoms with van der Waals surface area (Å²) in [5, 5.41) is 9.53. The first-order chi connectivity index (χ1) is 11.7. The molecule has 0 aromatic carbocycles. The lowest BCUT2D eigenvalue weighted by Gasteiger charge is -2.44. The van der Waals surface area contributed by atoms with Crippen LogP contribution in [0.15, 0.2) is 47.6 Å². The fraction of sp³-hybridized carbons (Fsp3) is 0.652. The predicted molar refractivity (Wildman–Crippen MR) is 101 cm³/mol. The molecule has 130 valence electrons. The van der Waals surface area contributed by atoms with Gasteiger partial charge in [0.25, 0.3) is 0 Å². The first kappa shape index (κ1) is 16.4. The molecular weight excluding hydrogens is 292 g/mol. The Labute approximate surface area is 147 Å². The van der Waals surface area contributed by atoms with Crippen molar-refractivity contribution in [3.8, 4) is 0 Å². The van der Waals surface area contributed by atoms with E-state index in [0.717, 1.165) is 30.1 Å². The van der Waals surface area contributed by atoms with E-state index in [1.54, 1.807) is 11.1 Å². The van der Waals surface area contributed by atoms with Gasteiger partial charge in [-0.1, -0.05) is 54.5 Å². The van der Waals surface area contributed by atoms with Gasteiger partial charge >= 0.3 is 0 Å².